The summed E-state index contributed by atoms with van der Waals surface area (Å²) >= 11 is 12.0. The van der Waals surface area contributed by atoms with Crippen LogP contribution in [0.15, 0.2) is 41.3 Å². The molecular formula is C17H17Cl2N3O5S. The summed E-state index contributed by atoms with van der Waals surface area (Å²) in [5, 5.41) is 13.2. The molecule has 28 heavy (non-hydrogen) atoms. The summed E-state index contributed by atoms with van der Waals surface area (Å²) in [6.07, 6.45) is 0. The topological polar surface area (TPSA) is 110 Å². The summed E-state index contributed by atoms with van der Waals surface area (Å²) < 4.78 is 26.7. The van der Waals surface area contributed by atoms with E-state index in [1.54, 1.807) is 13.8 Å². The summed E-state index contributed by atoms with van der Waals surface area (Å²) in [7, 11) is -3.83. The minimum Gasteiger partial charge on any atom is -0.322 e. The van der Waals surface area contributed by atoms with E-state index in [1.807, 2.05) is 0 Å². The third kappa shape index (κ3) is 4.61. The van der Waals surface area contributed by atoms with Crippen molar-refractivity contribution in [2.75, 3.05) is 18.4 Å². The first-order chi connectivity index (χ1) is 13.1. The van der Waals surface area contributed by atoms with Gasteiger partial charge in [0.05, 0.1) is 20.5 Å². The SMILES string of the molecule is CCN(CC)S(=O)(=O)c1cc(NC(=O)c2ccc([N+](=O)[O-])cc2Cl)ccc1Cl. The van der Waals surface area contributed by atoms with Gasteiger partial charge in [0.2, 0.25) is 10.0 Å². The lowest BCUT2D eigenvalue weighted by Crippen LogP contribution is -2.30. The van der Waals surface area contributed by atoms with E-state index < -0.39 is 20.9 Å². The van der Waals surface area contributed by atoms with Crippen molar-refractivity contribution in [1.82, 2.24) is 4.31 Å². The summed E-state index contributed by atoms with van der Waals surface area (Å²) in [5.74, 6) is -0.645. The lowest BCUT2D eigenvalue weighted by atomic mass is 10.2. The van der Waals surface area contributed by atoms with Gasteiger partial charge in [0.15, 0.2) is 0 Å². The average molecular weight is 446 g/mol. The van der Waals surface area contributed by atoms with Crippen LogP contribution in [0.1, 0.15) is 24.2 Å². The molecule has 0 bridgehead atoms. The molecule has 2 aromatic carbocycles. The fourth-order valence-electron chi connectivity index (χ4n) is 2.48. The van der Waals surface area contributed by atoms with Gasteiger partial charge in [0, 0.05) is 30.9 Å². The molecule has 0 aliphatic rings. The molecule has 150 valence electrons. The van der Waals surface area contributed by atoms with Crippen LogP contribution < -0.4 is 5.32 Å². The molecule has 0 unspecified atom stereocenters. The van der Waals surface area contributed by atoms with Gasteiger partial charge in [-0.2, -0.15) is 4.31 Å². The molecule has 0 fully saturated rings. The Morgan fingerprint density at radius 3 is 2.29 bits per heavy atom. The zero-order chi connectivity index (χ0) is 21.1. The Morgan fingerprint density at radius 2 is 1.75 bits per heavy atom. The van der Waals surface area contributed by atoms with Crippen LogP contribution in [0.2, 0.25) is 10.0 Å². The number of benzene rings is 2. The quantitative estimate of drug-likeness (QED) is 0.507. The molecule has 11 heteroatoms. The number of anilines is 1. The van der Waals surface area contributed by atoms with Crippen LogP contribution in [-0.2, 0) is 10.0 Å². The maximum absolute atomic E-state index is 12.7. The number of carbonyl (C=O) groups is 1. The molecule has 2 aromatic rings. The Hall–Kier alpha value is -2.20. The summed E-state index contributed by atoms with van der Waals surface area (Å²) in [6.45, 7) is 3.95. The van der Waals surface area contributed by atoms with Crippen molar-refractivity contribution in [3.05, 3.63) is 62.1 Å². The molecule has 1 N–H and O–H groups in total. The Bertz CT molecular complexity index is 1020. The summed E-state index contributed by atoms with van der Waals surface area (Å²) in [4.78, 5) is 22.5. The van der Waals surface area contributed by atoms with Gasteiger partial charge in [-0.15, -0.1) is 0 Å². The average Bonchev–Trinajstić information content (AvgIpc) is 2.63. The first-order valence-corrected chi connectivity index (χ1v) is 10.4. The minimum atomic E-state index is -3.83. The fraction of sp³-hybridized carbons (Fsp3) is 0.235. The molecular weight excluding hydrogens is 429 g/mol. The number of sulfonamides is 1. The van der Waals surface area contributed by atoms with Crippen molar-refractivity contribution in [2.45, 2.75) is 18.7 Å². The highest BCUT2D eigenvalue weighted by atomic mass is 35.5. The van der Waals surface area contributed by atoms with Crippen molar-refractivity contribution in [3.8, 4) is 0 Å². The van der Waals surface area contributed by atoms with E-state index >= 15 is 0 Å². The number of carbonyl (C=O) groups excluding carboxylic acids is 1. The van der Waals surface area contributed by atoms with Gasteiger partial charge < -0.3 is 5.32 Å². The van der Waals surface area contributed by atoms with Crippen LogP contribution >= 0.6 is 23.2 Å². The largest absolute Gasteiger partial charge is 0.322 e. The number of hydrogen-bond donors (Lipinski definition) is 1. The number of rotatable bonds is 7. The summed E-state index contributed by atoms with van der Waals surface area (Å²) in [5.41, 5.74) is -0.0504. The second-order valence-corrected chi connectivity index (χ2v) is 8.33. The predicted molar refractivity (Wildman–Crippen MR) is 108 cm³/mol. The van der Waals surface area contributed by atoms with Gasteiger partial charge >= 0.3 is 0 Å². The maximum atomic E-state index is 12.7. The third-order valence-corrected chi connectivity index (χ3v) is 6.76. The predicted octanol–water partition coefficient (Wildman–Crippen LogP) is 4.18. The van der Waals surface area contributed by atoms with Crippen LogP contribution in [-0.4, -0.2) is 36.6 Å². The van der Waals surface area contributed by atoms with Crippen LogP contribution in [0.3, 0.4) is 0 Å². The molecule has 2 rings (SSSR count). The Morgan fingerprint density at radius 1 is 1.11 bits per heavy atom. The van der Waals surface area contributed by atoms with Crippen LogP contribution in [0.5, 0.6) is 0 Å². The zero-order valence-electron chi connectivity index (χ0n) is 15.0. The normalized spacial score (nSPS) is 11.5. The first kappa shape index (κ1) is 22.1. The Kier molecular flexibility index (Phi) is 7.00. The van der Waals surface area contributed by atoms with Crippen molar-refractivity contribution in [1.29, 1.82) is 0 Å². The van der Waals surface area contributed by atoms with Gasteiger partial charge in [-0.25, -0.2) is 8.42 Å². The van der Waals surface area contributed by atoms with Crippen LogP contribution in [0.4, 0.5) is 11.4 Å². The second-order valence-electron chi connectivity index (χ2n) is 5.61. The highest BCUT2D eigenvalue weighted by Gasteiger charge is 2.25. The Balaban J connectivity index is 2.36. The number of nitrogens with one attached hydrogen (secondary N) is 1. The molecule has 0 heterocycles. The van der Waals surface area contributed by atoms with E-state index in [4.69, 9.17) is 23.2 Å². The standard InChI is InChI=1S/C17H17Cl2N3O5S/c1-3-21(4-2)28(26,27)16-9-11(5-8-14(16)18)20-17(23)13-7-6-12(22(24)25)10-15(13)19/h5-10H,3-4H2,1-2H3,(H,20,23). The first-order valence-electron chi connectivity index (χ1n) is 8.16. The van der Waals surface area contributed by atoms with Crippen molar-refractivity contribution in [2.24, 2.45) is 0 Å². The van der Waals surface area contributed by atoms with Gasteiger partial charge in [-0.05, 0) is 24.3 Å². The van der Waals surface area contributed by atoms with E-state index in [0.29, 0.717) is 0 Å². The smallest absolute Gasteiger partial charge is 0.270 e. The zero-order valence-corrected chi connectivity index (χ0v) is 17.3. The van der Waals surface area contributed by atoms with Crippen molar-refractivity contribution >= 4 is 50.5 Å². The molecule has 8 nitrogen and oxygen atoms in total. The van der Waals surface area contributed by atoms with Crippen molar-refractivity contribution < 1.29 is 18.1 Å². The molecule has 1 amide bonds. The van der Waals surface area contributed by atoms with Gasteiger partial charge in [-0.3, -0.25) is 14.9 Å². The highest BCUT2D eigenvalue weighted by Crippen LogP contribution is 2.29. The third-order valence-electron chi connectivity index (χ3n) is 3.92. The lowest BCUT2D eigenvalue weighted by molar-refractivity contribution is -0.384. The van der Waals surface area contributed by atoms with E-state index in [-0.39, 0.29) is 45.0 Å². The molecule has 0 aliphatic carbocycles. The highest BCUT2D eigenvalue weighted by molar-refractivity contribution is 7.89. The minimum absolute atomic E-state index is 0.00960. The van der Waals surface area contributed by atoms with Crippen LogP contribution in [0, 0.1) is 10.1 Å². The Labute approximate surface area is 172 Å². The fourth-order valence-corrected chi connectivity index (χ4v) is 4.70. The van der Waals surface area contributed by atoms with Gasteiger partial charge in [0.1, 0.15) is 4.90 Å². The van der Waals surface area contributed by atoms with E-state index in [1.165, 1.54) is 28.6 Å². The van der Waals surface area contributed by atoms with Crippen LogP contribution in [0.25, 0.3) is 0 Å². The van der Waals surface area contributed by atoms with Gasteiger partial charge in [0.25, 0.3) is 11.6 Å². The maximum Gasteiger partial charge on any atom is 0.270 e. The molecule has 0 saturated heterocycles. The van der Waals surface area contributed by atoms with E-state index in [2.05, 4.69) is 5.32 Å². The number of hydrogen-bond acceptors (Lipinski definition) is 5. The van der Waals surface area contributed by atoms with Crippen molar-refractivity contribution in [3.63, 3.8) is 0 Å². The number of nitrogens with zero attached hydrogens (tertiary/aromatic N) is 2. The number of nitro groups is 1. The lowest BCUT2D eigenvalue weighted by Gasteiger charge is -2.19. The number of non-ortho nitro benzene ring substituents is 1. The van der Waals surface area contributed by atoms with Gasteiger partial charge in [-0.1, -0.05) is 37.0 Å². The second kappa shape index (κ2) is 8.87. The number of nitro benzene ring substituents is 1. The molecule has 0 atom stereocenters. The van der Waals surface area contributed by atoms with E-state index in [9.17, 15) is 23.3 Å². The summed E-state index contributed by atoms with van der Waals surface area (Å²) in [6, 6.07) is 7.51. The molecule has 0 saturated carbocycles. The molecule has 0 spiro atoms. The molecule has 0 aliphatic heterocycles. The molecule has 0 aromatic heterocycles. The number of halogens is 2. The number of amides is 1. The monoisotopic (exact) mass is 445 g/mol. The molecule has 0 radical (unpaired) electrons. The van der Waals surface area contributed by atoms with E-state index in [0.717, 1.165) is 12.1 Å².